The van der Waals surface area contributed by atoms with Gasteiger partial charge in [0.15, 0.2) is 5.75 Å². The number of benzene rings is 1. The maximum atomic E-state index is 12.5. The molecule has 1 aromatic rings. The molecule has 2 unspecified atom stereocenters. The first-order valence-electron chi connectivity index (χ1n) is 7.12. The van der Waals surface area contributed by atoms with E-state index >= 15 is 0 Å². The van der Waals surface area contributed by atoms with Crippen molar-refractivity contribution in [3.63, 3.8) is 0 Å². The van der Waals surface area contributed by atoms with Gasteiger partial charge in [0.1, 0.15) is 0 Å². The first-order chi connectivity index (χ1) is 9.78. The molecule has 0 amide bonds. The van der Waals surface area contributed by atoms with Gasteiger partial charge in [-0.3, -0.25) is 0 Å². The number of ether oxygens (including phenoxy) is 1. The van der Waals surface area contributed by atoms with E-state index in [9.17, 15) is 13.2 Å². The molecule has 1 aliphatic rings. The summed E-state index contributed by atoms with van der Waals surface area (Å²) < 4.78 is 41.8. The molecule has 6 heteroatoms. The van der Waals surface area contributed by atoms with Gasteiger partial charge in [-0.05, 0) is 25.0 Å². The quantitative estimate of drug-likeness (QED) is 0.926. The topological polar surface area (TPSA) is 24.5 Å². The fourth-order valence-electron chi connectivity index (χ4n) is 2.58. The largest absolute Gasteiger partial charge is 0.573 e. The van der Waals surface area contributed by atoms with Gasteiger partial charge in [0.25, 0.3) is 0 Å². The minimum absolute atomic E-state index is 0.109. The van der Waals surface area contributed by atoms with Crippen molar-refractivity contribution in [1.29, 1.82) is 0 Å². The number of halogens is 3. The van der Waals surface area contributed by atoms with E-state index in [1.165, 1.54) is 6.07 Å². The van der Waals surface area contributed by atoms with Crippen molar-refractivity contribution in [2.24, 2.45) is 5.92 Å². The molecule has 2 rings (SSSR count). The summed E-state index contributed by atoms with van der Waals surface area (Å²) in [5.74, 6) is 0.275. The molecule has 1 aliphatic heterocycles. The summed E-state index contributed by atoms with van der Waals surface area (Å²) in [6.07, 6.45) is -4.68. The van der Waals surface area contributed by atoms with Gasteiger partial charge in [-0.2, -0.15) is 0 Å². The number of rotatable bonds is 3. The highest BCUT2D eigenvalue weighted by Crippen LogP contribution is 2.34. The van der Waals surface area contributed by atoms with Crippen LogP contribution >= 0.6 is 0 Å². The van der Waals surface area contributed by atoms with Gasteiger partial charge >= 0.3 is 6.36 Å². The smallest absolute Gasteiger partial charge is 0.404 e. The highest BCUT2D eigenvalue weighted by Gasteiger charge is 2.34. The van der Waals surface area contributed by atoms with Gasteiger partial charge in [0.05, 0.1) is 5.69 Å². The summed E-state index contributed by atoms with van der Waals surface area (Å²) >= 11 is 0. The molecular weight excluding hydrogens is 281 g/mol. The summed E-state index contributed by atoms with van der Waals surface area (Å²) in [7, 11) is 0. The standard InChI is InChI=1S/C15H21F3N2O/c1-10(2)12-9-20(11(3)8-19-12)13-6-4-5-7-14(13)21-15(16,17)18/h4-7,10-12,19H,8-9H2,1-3H3. The van der Waals surface area contributed by atoms with Gasteiger partial charge in [-0.15, -0.1) is 13.2 Å². The third-order valence-corrected chi connectivity index (χ3v) is 3.81. The lowest BCUT2D eigenvalue weighted by Crippen LogP contribution is -2.57. The second-order valence-electron chi connectivity index (χ2n) is 5.78. The number of nitrogens with one attached hydrogen (secondary N) is 1. The zero-order valence-electron chi connectivity index (χ0n) is 12.4. The molecule has 1 fully saturated rings. The lowest BCUT2D eigenvalue weighted by molar-refractivity contribution is -0.274. The molecule has 21 heavy (non-hydrogen) atoms. The van der Waals surface area contributed by atoms with Crippen LogP contribution in [0.1, 0.15) is 20.8 Å². The van der Waals surface area contributed by atoms with Crippen LogP contribution in [0.15, 0.2) is 24.3 Å². The van der Waals surface area contributed by atoms with Crippen LogP contribution in [0.25, 0.3) is 0 Å². The molecule has 1 N–H and O–H groups in total. The van der Waals surface area contributed by atoms with E-state index < -0.39 is 6.36 Å². The minimum atomic E-state index is -4.68. The summed E-state index contributed by atoms with van der Waals surface area (Å²) in [4.78, 5) is 1.99. The highest BCUT2D eigenvalue weighted by molar-refractivity contribution is 5.59. The van der Waals surface area contributed by atoms with Crippen molar-refractivity contribution in [1.82, 2.24) is 5.32 Å². The molecule has 0 spiro atoms. The third-order valence-electron chi connectivity index (χ3n) is 3.81. The third kappa shape index (κ3) is 4.03. The summed E-state index contributed by atoms with van der Waals surface area (Å²) in [5, 5.41) is 3.43. The molecule has 1 aromatic carbocycles. The Kier molecular flexibility index (Phi) is 4.66. The molecular formula is C15H21F3N2O. The Labute approximate surface area is 123 Å². The Morgan fingerprint density at radius 3 is 2.57 bits per heavy atom. The van der Waals surface area contributed by atoms with Crippen LogP contribution in [0.5, 0.6) is 5.75 Å². The molecule has 0 saturated carbocycles. The Morgan fingerprint density at radius 1 is 1.29 bits per heavy atom. The molecule has 3 nitrogen and oxygen atoms in total. The van der Waals surface area contributed by atoms with Gasteiger partial charge in [0, 0.05) is 25.2 Å². The van der Waals surface area contributed by atoms with Crippen LogP contribution in [0.2, 0.25) is 0 Å². The fraction of sp³-hybridized carbons (Fsp3) is 0.600. The summed E-state index contributed by atoms with van der Waals surface area (Å²) in [6.45, 7) is 7.60. The van der Waals surface area contributed by atoms with Crippen LogP contribution < -0.4 is 15.0 Å². The van der Waals surface area contributed by atoms with E-state index in [-0.39, 0.29) is 17.8 Å². The van der Waals surface area contributed by atoms with E-state index in [4.69, 9.17) is 0 Å². The van der Waals surface area contributed by atoms with Crippen molar-refractivity contribution in [2.75, 3.05) is 18.0 Å². The lowest BCUT2D eigenvalue weighted by Gasteiger charge is -2.42. The second-order valence-corrected chi connectivity index (χ2v) is 5.78. The summed E-state index contributed by atoms with van der Waals surface area (Å²) in [5.41, 5.74) is 0.495. The predicted molar refractivity (Wildman–Crippen MR) is 76.6 cm³/mol. The number of piperazine rings is 1. The second kappa shape index (κ2) is 6.13. The van der Waals surface area contributed by atoms with Crippen molar-refractivity contribution in [2.45, 2.75) is 39.2 Å². The molecule has 1 saturated heterocycles. The molecule has 0 aliphatic carbocycles. The maximum Gasteiger partial charge on any atom is 0.573 e. The van der Waals surface area contributed by atoms with E-state index in [1.807, 2.05) is 11.8 Å². The molecule has 118 valence electrons. The molecule has 0 bridgehead atoms. The SMILES string of the molecule is CC(C)C1CN(c2ccccc2OC(F)(F)F)C(C)CN1. The number of hydrogen-bond acceptors (Lipinski definition) is 3. The number of nitrogens with zero attached hydrogens (tertiary/aromatic N) is 1. The van der Waals surface area contributed by atoms with Crippen LogP contribution in [0, 0.1) is 5.92 Å². The number of alkyl halides is 3. The zero-order valence-corrected chi connectivity index (χ0v) is 12.4. The first-order valence-corrected chi connectivity index (χ1v) is 7.12. The van der Waals surface area contributed by atoms with Gasteiger partial charge in [-0.1, -0.05) is 26.0 Å². The average Bonchev–Trinajstić information content (AvgIpc) is 2.38. The number of para-hydroxylation sites is 2. The molecule has 0 aromatic heterocycles. The van der Waals surface area contributed by atoms with Gasteiger partial charge in [0.2, 0.25) is 0 Å². The van der Waals surface area contributed by atoms with Gasteiger partial charge in [-0.25, -0.2) is 0 Å². The van der Waals surface area contributed by atoms with Crippen molar-refractivity contribution < 1.29 is 17.9 Å². The first kappa shape index (κ1) is 15.9. The lowest BCUT2D eigenvalue weighted by atomic mass is 9.99. The van der Waals surface area contributed by atoms with E-state index in [1.54, 1.807) is 18.2 Å². The van der Waals surface area contributed by atoms with Crippen molar-refractivity contribution in [3.8, 4) is 5.75 Å². The number of hydrogen-bond donors (Lipinski definition) is 1. The van der Waals surface area contributed by atoms with Crippen LogP contribution in [-0.2, 0) is 0 Å². The maximum absolute atomic E-state index is 12.5. The Balaban J connectivity index is 2.27. The highest BCUT2D eigenvalue weighted by atomic mass is 19.4. The monoisotopic (exact) mass is 302 g/mol. The normalized spacial score (nSPS) is 23.5. The van der Waals surface area contributed by atoms with Crippen LogP contribution in [0.3, 0.4) is 0 Å². The van der Waals surface area contributed by atoms with Gasteiger partial charge < -0.3 is 15.0 Å². The zero-order chi connectivity index (χ0) is 15.6. The van der Waals surface area contributed by atoms with E-state index in [0.717, 1.165) is 6.54 Å². The van der Waals surface area contributed by atoms with Crippen LogP contribution in [0.4, 0.5) is 18.9 Å². The summed E-state index contributed by atoms with van der Waals surface area (Å²) in [6, 6.07) is 6.69. The predicted octanol–water partition coefficient (Wildman–Crippen LogP) is 3.41. The molecule has 1 heterocycles. The van der Waals surface area contributed by atoms with Crippen LogP contribution in [-0.4, -0.2) is 31.5 Å². The average molecular weight is 302 g/mol. The molecule has 2 atom stereocenters. The van der Waals surface area contributed by atoms with E-state index in [0.29, 0.717) is 18.2 Å². The Bertz CT molecular complexity index is 476. The van der Waals surface area contributed by atoms with Crippen molar-refractivity contribution in [3.05, 3.63) is 24.3 Å². The Hall–Kier alpha value is -1.43. The minimum Gasteiger partial charge on any atom is -0.404 e. The number of anilines is 1. The van der Waals surface area contributed by atoms with E-state index in [2.05, 4.69) is 23.9 Å². The molecule has 0 radical (unpaired) electrons. The van der Waals surface area contributed by atoms with Crippen molar-refractivity contribution >= 4 is 5.69 Å². The fourth-order valence-corrected chi connectivity index (χ4v) is 2.58. The Morgan fingerprint density at radius 2 is 1.95 bits per heavy atom.